The third-order valence-corrected chi connectivity index (χ3v) is 4.77. The topological polar surface area (TPSA) is 97.9 Å². The van der Waals surface area contributed by atoms with Crippen molar-refractivity contribution >= 4 is 16.9 Å². The number of rotatable bonds is 3. The number of benzene rings is 1. The summed E-state index contributed by atoms with van der Waals surface area (Å²) in [5.41, 5.74) is 4.23. The first-order valence-corrected chi connectivity index (χ1v) is 8.44. The Morgan fingerprint density at radius 3 is 2.92 bits per heavy atom. The molecule has 25 heavy (non-hydrogen) atoms. The molecule has 4 rings (SSSR count). The van der Waals surface area contributed by atoms with Gasteiger partial charge in [-0.2, -0.15) is 5.10 Å². The second-order valence-corrected chi connectivity index (χ2v) is 6.84. The monoisotopic (exact) mass is 339 g/mol. The number of fused-ring (bicyclic) bond motifs is 1. The summed E-state index contributed by atoms with van der Waals surface area (Å²) in [6.45, 7) is 4.73. The number of imidazole rings is 1. The van der Waals surface area contributed by atoms with Gasteiger partial charge < -0.3 is 15.0 Å². The molecule has 0 radical (unpaired) electrons. The summed E-state index contributed by atoms with van der Waals surface area (Å²) in [6.07, 6.45) is 0.132. The summed E-state index contributed by atoms with van der Waals surface area (Å²) in [6, 6.07) is 7.45. The normalized spacial score (nSPS) is 20.5. The molecule has 1 saturated heterocycles. The lowest BCUT2D eigenvalue weighted by molar-refractivity contribution is 0.0765. The van der Waals surface area contributed by atoms with E-state index in [-0.39, 0.29) is 11.8 Å². The minimum absolute atomic E-state index is 0.00443. The Morgan fingerprint density at radius 2 is 2.16 bits per heavy atom. The number of aliphatic hydroxyl groups is 1. The van der Waals surface area contributed by atoms with Crippen LogP contribution < -0.4 is 0 Å². The third kappa shape index (κ3) is 3.02. The van der Waals surface area contributed by atoms with Crippen molar-refractivity contribution in [1.82, 2.24) is 25.1 Å². The van der Waals surface area contributed by atoms with E-state index in [1.807, 2.05) is 32.0 Å². The summed E-state index contributed by atoms with van der Waals surface area (Å²) in [5.74, 6) is 0.768. The zero-order valence-electron chi connectivity index (χ0n) is 14.3. The maximum absolute atomic E-state index is 12.8. The van der Waals surface area contributed by atoms with Crippen LogP contribution in [-0.4, -0.2) is 55.3 Å². The predicted octanol–water partition coefficient (Wildman–Crippen LogP) is 1.58. The number of H-pyrrole nitrogens is 2. The average molecular weight is 339 g/mol. The number of aliphatic hydroxyl groups excluding tert-OH is 1. The Hall–Kier alpha value is -2.67. The van der Waals surface area contributed by atoms with Crippen molar-refractivity contribution < 1.29 is 9.90 Å². The second-order valence-electron chi connectivity index (χ2n) is 6.84. The van der Waals surface area contributed by atoms with Gasteiger partial charge in [-0.25, -0.2) is 4.98 Å². The molecule has 1 aliphatic heterocycles. The van der Waals surface area contributed by atoms with Gasteiger partial charge in [0.25, 0.3) is 5.91 Å². The van der Waals surface area contributed by atoms with Crippen LogP contribution in [0.4, 0.5) is 0 Å². The van der Waals surface area contributed by atoms with E-state index in [4.69, 9.17) is 0 Å². The number of nitrogens with zero attached hydrogens (tertiary/aromatic N) is 3. The Morgan fingerprint density at radius 1 is 1.32 bits per heavy atom. The van der Waals surface area contributed by atoms with Gasteiger partial charge >= 0.3 is 0 Å². The average Bonchev–Trinajstić information content (AvgIpc) is 3.25. The maximum Gasteiger partial charge on any atom is 0.254 e. The van der Waals surface area contributed by atoms with Crippen molar-refractivity contribution in [3.05, 3.63) is 47.0 Å². The lowest BCUT2D eigenvalue weighted by Gasteiger charge is -2.16. The first kappa shape index (κ1) is 15.8. The van der Waals surface area contributed by atoms with Gasteiger partial charge in [-0.15, -0.1) is 0 Å². The highest BCUT2D eigenvalue weighted by molar-refractivity contribution is 5.97. The van der Waals surface area contributed by atoms with E-state index < -0.39 is 6.10 Å². The first-order chi connectivity index (χ1) is 12.0. The van der Waals surface area contributed by atoms with Gasteiger partial charge in [0.1, 0.15) is 5.82 Å². The lowest BCUT2D eigenvalue weighted by Crippen LogP contribution is -2.29. The van der Waals surface area contributed by atoms with E-state index in [0.29, 0.717) is 25.1 Å². The van der Waals surface area contributed by atoms with Crippen molar-refractivity contribution in [1.29, 1.82) is 0 Å². The quantitative estimate of drug-likeness (QED) is 0.675. The number of hydrogen-bond acceptors (Lipinski definition) is 4. The van der Waals surface area contributed by atoms with Gasteiger partial charge in [0.15, 0.2) is 0 Å². The number of carbonyl (C=O) groups is 1. The molecule has 130 valence electrons. The maximum atomic E-state index is 12.8. The van der Waals surface area contributed by atoms with E-state index in [1.54, 1.807) is 11.0 Å². The van der Waals surface area contributed by atoms with Gasteiger partial charge in [0.2, 0.25) is 0 Å². The van der Waals surface area contributed by atoms with E-state index in [9.17, 15) is 9.90 Å². The summed E-state index contributed by atoms with van der Waals surface area (Å²) >= 11 is 0. The minimum atomic E-state index is -0.529. The second kappa shape index (κ2) is 6.00. The van der Waals surface area contributed by atoms with Gasteiger partial charge in [0.05, 0.1) is 22.8 Å². The van der Waals surface area contributed by atoms with E-state index in [0.717, 1.165) is 28.2 Å². The smallest absolute Gasteiger partial charge is 0.254 e. The van der Waals surface area contributed by atoms with Crippen LogP contribution in [0.3, 0.4) is 0 Å². The number of aromatic amines is 2. The molecule has 0 bridgehead atoms. The third-order valence-electron chi connectivity index (χ3n) is 4.77. The molecule has 2 atom stereocenters. The summed E-state index contributed by atoms with van der Waals surface area (Å²) < 4.78 is 0. The van der Waals surface area contributed by atoms with Crippen LogP contribution in [0.15, 0.2) is 24.3 Å². The Labute approximate surface area is 145 Å². The van der Waals surface area contributed by atoms with Gasteiger partial charge in [-0.3, -0.25) is 9.89 Å². The number of carbonyl (C=O) groups excluding carboxylic acids is 1. The molecular formula is C18H21N5O2. The Bertz CT molecular complexity index is 929. The van der Waals surface area contributed by atoms with E-state index in [2.05, 4.69) is 20.2 Å². The van der Waals surface area contributed by atoms with Crippen molar-refractivity contribution in [2.45, 2.75) is 26.4 Å². The van der Waals surface area contributed by atoms with Crippen molar-refractivity contribution in [3.8, 4) is 0 Å². The molecule has 0 saturated carbocycles. The summed E-state index contributed by atoms with van der Waals surface area (Å²) in [7, 11) is 0. The van der Waals surface area contributed by atoms with Gasteiger partial charge in [-0.05, 0) is 44.5 Å². The van der Waals surface area contributed by atoms with Crippen LogP contribution in [0.2, 0.25) is 0 Å². The Kier molecular flexibility index (Phi) is 3.80. The highest BCUT2D eigenvalue weighted by Gasteiger charge is 2.34. The largest absolute Gasteiger partial charge is 0.391 e. The number of aryl methyl sites for hydroxylation is 2. The molecule has 0 spiro atoms. The standard InChI is InChI=1S/C18H21N5O2/c1-10-5-14(22-21-10)6-13-8-23(9-17(13)24)18(25)12-3-4-15-16(7-12)20-11(2)19-15/h3-5,7,13,17,24H,6,8-9H2,1-2H3,(H,19,20)(H,21,22)/t13-,17-/m1/s1. The van der Waals surface area contributed by atoms with E-state index in [1.165, 1.54) is 0 Å². The zero-order chi connectivity index (χ0) is 17.6. The SMILES string of the molecule is Cc1cc(C[C@@H]2CN(C(=O)c3ccc4nc(C)[nH]c4c3)C[C@H]2O)n[nH]1. The first-order valence-electron chi connectivity index (χ1n) is 8.44. The number of aromatic nitrogens is 4. The number of hydrogen-bond donors (Lipinski definition) is 3. The van der Waals surface area contributed by atoms with Crippen LogP contribution in [0.25, 0.3) is 11.0 Å². The molecular weight excluding hydrogens is 318 g/mol. The Balaban J connectivity index is 1.49. The fourth-order valence-electron chi connectivity index (χ4n) is 3.52. The highest BCUT2D eigenvalue weighted by Crippen LogP contribution is 2.24. The molecule has 7 nitrogen and oxygen atoms in total. The van der Waals surface area contributed by atoms with Crippen molar-refractivity contribution in [2.75, 3.05) is 13.1 Å². The van der Waals surface area contributed by atoms with Crippen molar-refractivity contribution in [2.24, 2.45) is 5.92 Å². The molecule has 7 heteroatoms. The molecule has 1 amide bonds. The van der Waals surface area contributed by atoms with Crippen LogP contribution in [0.1, 0.15) is 27.6 Å². The molecule has 0 aliphatic carbocycles. The molecule has 0 unspecified atom stereocenters. The van der Waals surface area contributed by atoms with Gasteiger partial charge in [-0.1, -0.05) is 0 Å². The van der Waals surface area contributed by atoms with Crippen LogP contribution in [0, 0.1) is 19.8 Å². The number of nitrogens with one attached hydrogen (secondary N) is 2. The number of likely N-dealkylation sites (tertiary alicyclic amines) is 1. The molecule has 3 heterocycles. The van der Waals surface area contributed by atoms with E-state index >= 15 is 0 Å². The highest BCUT2D eigenvalue weighted by atomic mass is 16.3. The number of amides is 1. The molecule has 3 N–H and O–H groups in total. The van der Waals surface area contributed by atoms with Crippen LogP contribution in [-0.2, 0) is 6.42 Å². The predicted molar refractivity (Wildman–Crippen MR) is 93.3 cm³/mol. The van der Waals surface area contributed by atoms with Gasteiger partial charge in [0, 0.05) is 30.3 Å². The molecule has 1 fully saturated rings. The summed E-state index contributed by atoms with van der Waals surface area (Å²) in [4.78, 5) is 22.0. The fourth-order valence-corrected chi connectivity index (χ4v) is 3.52. The molecule has 3 aromatic rings. The van der Waals surface area contributed by atoms with Crippen LogP contribution in [0.5, 0.6) is 0 Å². The fraction of sp³-hybridized carbons (Fsp3) is 0.389. The molecule has 2 aromatic heterocycles. The zero-order valence-corrected chi connectivity index (χ0v) is 14.3. The minimum Gasteiger partial charge on any atom is -0.391 e. The molecule has 1 aromatic carbocycles. The number of β-amino-alcohol motifs (C(OH)–C–C–N with tert-alkyl or cyclic N) is 1. The molecule has 1 aliphatic rings. The summed E-state index contributed by atoms with van der Waals surface area (Å²) in [5, 5.41) is 17.5. The lowest BCUT2D eigenvalue weighted by atomic mass is 10.0. The van der Waals surface area contributed by atoms with Crippen molar-refractivity contribution in [3.63, 3.8) is 0 Å². The van der Waals surface area contributed by atoms with Crippen LogP contribution >= 0.6 is 0 Å².